The van der Waals surface area contributed by atoms with E-state index in [0.29, 0.717) is 19.8 Å². The molecule has 9 heteroatoms. The molecular formula is C8H11IN4O4. The number of nitrogens with one attached hydrogen (secondary N) is 2. The Bertz CT molecular complexity index is 395. The summed E-state index contributed by atoms with van der Waals surface area (Å²) in [6.45, 7) is 1.38. The number of aromatic nitrogens is 2. The lowest BCUT2D eigenvalue weighted by molar-refractivity contribution is -0.389. The standard InChI is InChI=1S/C8H11IN4O4/c9-1-3-17-4-2-10-8(14)6-5-7(12-11-6)13(15)16/h5H,1-4H2,(H,10,14)(H,11,12). The molecule has 0 radical (unpaired) electrons. The number of aromatic amines is 1. The van der Waals surface area contributed by atoms with Crippen LogP contribution in [0.3, 0.4) is 0 Å². The summed E-state index contributed by atoms with van der Waals surface area (Å²) in [5.41, 5.74) is -0.00871. The largest absolute Gasteiger partial charge is 0.379 e. The zero-order valence-electron chi connectivity index (χ0n) is 8.81. The van der Waals surface area contributed by atoms with Crippen LogP contribution >= 0.6 is 22.6 Å². The maximum Gasteiger partial charge on any atom is 0.343 e. The monoisotopic (exact) mass is 354 g/mol. The molecule has 1 heterocycles. The van der Waals surface area contributed by atoms with E-state index in [1.165, 1.54) is 0 Å². The normalized spacial score (nSPS) is 10.2. The second-order valence-electron chi connectivity index (χ2n) is 2.95. The summed E-state index contributed by atoms with van der Waals surface area (Å²) in [5.74, 6) is -0.774. The van der Waals surface area contributed by atoms with Crippen molar-refractivity contribution in [3.63, 3.8) is 0 Å². The summed E-state index contributed by atoms with van der Waals surface area (Å²) >= 11 is 2.18. The van der Waals surface area contributed by atoms with Crippen LogP contribution in [0.4, 0.5) is 5.82 Å². The summed E-state index contributed by atoms with van der Waals surface area (Å²) in [5, 5.41) is 18.6. The minimum Gasteiger partial charge on any atom is -0.379 e. The zero-order chi connectivity index (χ0) is 12.7. The maximum atomic E-state index is 11.4. The number of carbonyl (C=O) groups is 1. The van der Waals surface area contributed by atoms with Crippen LogP contribution in [0.25, 0.3) is 0 Å². The number of hydrogen-bond acceptors (Lipinski definition) is 5. The summed E-state index contributed by atoms with van der Waals surface area (Å²) < 4.78 is 6.04. The van der Waals surface area contributed by atoms with Crippen LogP contribution in [0.2, 0.25) is 0 Å². The third-order valence-corrected chi connectivity index (χ3v) is 2.19. The lowest BCUT2D eigenvalue weighted by Crippen LogP contribution is -2.27. The molecule has 94 valence electrons. The van der Waals surface area contributed by atoms with Gasteiger partial charge in [-0.2, -0.15) is 0 Å². The van der Waals surface area contributed by atoms with Gasteiger partial charge in [-0.1, -0.05) is 27.7 Å². The molecular weight excluding hydrogens is 343 g/mol. The molecule has 0 aliphatic heterocycles. The summed E-state index contributed by atoms with van der Waals surface area (Å²) in [7, 11) is 0. The second kappa shape index (κ2) is 7.17. The lowest BCUT2D eigenvalue weighted by atomic mass is 10.4. The first-order valence-electron chi connectivity index (χ1n) is 4.77. The fourth-order valence-electron chi connectivity index (χ4n) is 1.01. The number of amides is 1. The van der Waals surface area contributed by atoms with Crippen molar-refractivity contribution in [1.29, 1.82) is 0 Å². The van der Waals surface area contributed by atoms with Gasteiger partial charge in [0, 0.05) is 11.0 Å². The first-order valence-corrected chi connectivity index (χ1v) is 6.29. The molecule has 0 atom stereocenters. The number of alkyl halides is 1. The quantitative estimate of drug-likeness (QED) is 0.244. The topological polar surface area (TPSA) is 110 Å². The van der Waals surface area contributed by atoms with Gasteiger partial charge in [-0.25, -0.2) is 0 Å². The van der Waals surface area contributed by atoms with Gasteiger partial charge in [0.05, 0.1) is 19.3 Å². The smallest absolute Gasteiger partial charge is 0.343 e. The Balaban J connectivity index is 2.34. The predicted molar refractivity (Wildman–Crippen MR) is 67.3 cm³/mol. The lowest BCUT2D eigenvalue weighted by Gasteiger charge is -2.02. The molecule has 0 saturated carbocycles. The Morgan fingerprint density at radius 2 is 2.41 bits per heavy atom. The van der Waals surface area contributed by atoms with Crippen LogP contribution in [-0.2, 0) is 4.74 Å². The molecule has 0 saturated heterocycles. The first-order chi connectivity index (χ1) is 8.15. The van der Waals surface area contributed by atoms with E-state index in [9.17, 15) is 14.9 Å². The third kappa shape index (κ3) is 4.65. The van der Waals surface area contributed by atoms with E-state index in [2.05, 4.69) is 38.1 Å². The Labute approximate surface area is 110 Å². The molecule has 2 N–H and O–H groups in total. The number of halogens is 1. The van der Waals surface area contributed by atoms with Crippen molar-refractivity contribution in [2.75, 3.05) is 24.2 Å². The van der Waals surface area contributed by atoms with Crippen LogP contribution in [0.1, 0.15) is 10.5 Å². The van der Waals surface area contributed by atoms with Crippen molar-refractivity contribution in [2.45, 2.75) is 0 Å². The van der Waals surface area contributed by atoms with E-state index in [0.717, 1.165) is 10.5 Å². The van der Waals surface area contributed by atoms with Gasteiger partial charge in [-0.05, 0) is 4.92 Å². The van der Waals surface area contributed by atoms with Gasteiger partial charge in [0.25, 0.3) is 5.91 Å². The van der Waals surface area contributed by atoms with E-state index in [1.807, 2.05) is 0 Å². The molecule has 1 aromatic heterocycles. The minimum absolute atomic E-state index is 0.00871. The molecule has 0 spiro atoms. The third-order valence-electron chi connectivity index (χ3n) is 1.75. The molecule has 1 rings (SSSR count). The number of H-pyrrole nitrogens is 1. The average Bonchev–Trinajstić information content (AvgIpc) is 2.78. The van der Waals surface area contributed by atoms with Crippen molar-refractivity contribution in [3.05, 3.63) is 21.9 Å². The molecule has 17 heavy (non-hydrogen) atoms. The van der Waals surface area contributed by atoms with Crippen LogP contribution in [-0.4, -0.2) is 45.2 Å². The zero-order valence-corrected chi connectivity index (χ0v) is 11.0. The van der Waals surface area contributed by atoms with Crippen molar-refractivity contribution < 1.29 is 14.5 Å². The minimum atomic E-state index is -0.646. The SMILES string of the molecule is O=C(NCCOCCI)c1cc([N+](=O)[O-])[nH]n1. The van der Waals surface area contributed by atoms with E-state index < -0.39 is 10.8 Å². The van der Waals surface area contributed by atoms with Crippen molar-refractivity contribution in [2.24, 2.45) is 0 Å². The highest BCUT2D eigenvalue weighted by atomic mass is 127. The van der Waals surface area contributed by atoms with Gasteiger partial charge in [-0.3, -0.25) is 4.79 Å². The maximum absolute atomic E-state index is 11.4. The fourth-order valence-corrected chi connectivity index (χ4v) is 1.32. The van der Waals surface area contributed by atoms with Gasteiger partial charge in [0.2, 0.25) is 0 Å². The van der Waals surface area contributed by atoms with Gasteiger partial charge >= 0.3 is 5.82 Å². The van der Waals surface area contributed by atoms with Crippen molar-refractivity contribution >= 4 is 34.3 Å². The molecule has 0 aromatic carbocycles. The van der Waals surface area contributed by atoms with Gasteiger partial charge in [0.15, 0.2) is 5.69 Å². The Morgan fingerprint density at radius 3 is 3.00 bits per heavy atom. The molecule has 0 bridgehead atoms. The highest BCUT2D eigenvalue weighted by Crippen LogP contribution is 2.07. The predicted octanol–water partition coefficient (Wildman–Crippen LogP) is 0.499. The van der Waals surface area contributed by atoms with E-state index >= 15 is 0 Å². The number of ether oxygens (including phenoxy) is 1. The molecule has 0 unspecified atom stereocenters. The van der Waals surface area contributed by atoms with Gasteiger partial charge in [-0.15, -0.1) is 5.10 Å². The highest BCUT2D eigenvalue weighted by molar-refractivity contribution is 14.1. The Morgan fingerprint density at radius 1 is 1.65 bits per heavy atom. The number of carbonyl (C=O) groups excluding carboxylic acids is 1. The molecule has 0 aliphatic carbocycles. The van der Waals surface area contributed by atoms with Crippen LogP contribution < -0.4 is 5.32 Å². The number of nitrogens with zero attached hydrogens (tertiary/aromatic N) is 2. The number of hydrogen-bond donors (Lipinski definition) is 2. The molecule has 8 nitrogen and oxygen atoms in total. The summed E-state index contributed by atoms with van der Waals surface area (Å²) in [4.78, 5) is 21.1. The van der Waals surface area contributed by atoms with E-state index in [1.54, 1.807) is 0 Å². The number of rotatable bonds is 7. The molecule has 1 aromatic rings. The van der Waals surface area contributed by atoms with E-state index in [-0.39, 0.29) is 11.5 Å². The molecule has 1 amide bonds. The van der Waals surface area contributed by atoms with Crippen LogP contribution in [0.15, 0.2) is 6.07 Å². The van der Waals surface area contributed by atoms with Crippen LogP contribution in [0.5, 0.6) is 0 Å². The molecule has 0 aliphatic rings. The van der Waals surface area contributed by atoms with Gasteiger partial charge < -0.3 is 20.2 Å². The Kier molecular flexibility index (Phi) is 5.83. The van der Waals surface area contributed by atoms with Crippen molar-refractivity contribution in [1.82, 2.24) is 15.5 Å². The first kappa shape index (κ1) is 13.8. The second-order valence-corrected chi connectivity index (χ2v) is 4.03. The molecule has 0 fully saturated rings. The summed E-state index contributed by atoms with van der Waals surface area (Å²) in [6, 6.07) is 1.08. The van der Waals surface area contributed by atoms with E-state index in [4.69, 9.17) is 4.74 Å². The average molecular weight is 354 g/mol. The van der Waals surface area contributed by atoms with Crippen LogP contribution in [0, 0.1) is 10.1 Å². The Hall–Kier alpha value is -1.23. The highest BCUT2D eigenvalue weighted by Gasteiger charge is 2.15. The van der Waals surface area contributed by atoms with Crippen molar-refractivity contribution in [3.8, 4) is 0 Å². The fraction of sp³-hybridized carbons (Fsp3) is 0.500. The summed E-state index contributed by atoms with van der Waals surface area (Å²) in [6.07, 6.45) is 0. The van der Waals surface area contributed by atoms with Gasteiger partial charge in [0.1, 0.15) is 0 Å². The number of nitro groups is 1.